The summed E-state index contributed by atoms with van der Waals surface area (Å²) in [6, 6.07) is 5.69. The van der Waals surface area contributed by atoms with Crippen LogP contribution in [0.5, 0.6) is 11.5 Å². The largest absolute Gasteiger partial charge is 0.454 e. The zero-order valence-corrected chi connectivity index (χ0v) is 11.2. The topological polar surface area (TPSA) is 105 Å². The Labute approximate surface area is 117 Å². The molecule has 1 aromatic rings. The highest BCUT2D eigenvalue weighted by Gasteiger charge is 2.13. The number of benzene rings is 1. The Kier molecular flexibility index (Phi) is 5.25. The first-order chi connectivity index (χ1) is 8.69. The molecule has 0 fully saturated rings. The number of rotatable bonds is 2. The first-order valence-electron chi connectivity index (χ1n) is 5.39. The summed E-state index contributed by atoms with van der Waals surface area (Å²) in [4.78, 5) is 3.93. The summed E-state index contributed by atoms with van der Waals surface area (Å²) in [5.41, 5.74) is 6.25. The van der Waals surface area contributed by atoms with Gasteiger partial charge in [0.2, 0.25) is 6.79 Å². The molecule has 8 heteroatoms. The van der Waals surface area contributed by atoms with Gasteiger partial charge in [0.05, 0.1) is 0 Å². The maximum Gasteiger partial charge on any atom is 0.231 e. The van der Waals surface area contributed by atoms with Crippen molar-refractivity contribution in [3.63, 3.8) is 0 Å². The van der Waals surface area contributed by atoms with Crippen molar-refractivity contribution in [3.05, 3.63) is 23.8 Å². The van der Waals surface area contributed by atoms with Crippen LogP contribution in [0.15, 0.2) is 23.2 Å². The number of nitrogens with zero attached hydrogens (tertiary/aromatic N) is 1. The standard InChI is InChI=1S/C11H15N5O2.ClH/c1-14-11(16-10(12)13)15-5-7-2-3-8-9(4-7)18-6-17-8;/h2-4H,5-6H2,1H3,(H5,12,13,14,15,16);1H. The molecule has 0 aromatic heterocycles. The number of guanidine groups is 2. The molecule has 1 heterocycles. The van der Waals surface area contributed by atoms with E-state index < -0.39 is 0 Å². The zero-order chi connectivity index (χ0) is 13.0. The molecule has 7 nitrogen and oxygen atoms in total. The van der Waals surface area contributed by atoms with Gasteiger partial charge in [-0.1, -0.05) is 6.07 Å². The zero-order valence-electron chi connectivity index (χ0n) is 10.4. The summed E-state index contributed by atoms with van der Waals surface area (Å²) in [6.45, 7) is 0.809. The molecule has 0 saturated heterocycles. The van der Waals surface area contributed by atoms with Crippen LogP contribution in [0.25, 0.3) is 0 Å². The van der Waals surface area contributed by atoms with E-state index in [0.717, 1.165) is 17.1 Å². The van der Waals surface area contributed by atoms with Crippen molar-refractivity contribution in [2.75, 3.05) is 13.8 Å². The molecule has 1 aliphatic rings. The van der Waals surface area contributed by atoms with Crippen molar-refractivity contribution in [1.29, 1.82) is 5.41 Å². The van der Waals surface area contributed by atoms with E-state index in [9.17, 15) is 0 Å². The molecule has 104 valence electrons. The van der Waals surface area contributed by atoms with Gasteiger partial charge in [0.25, 0.3) is 0 Å². The van der Waals surface area contributed by atoms with Crippen LogP contribution in [0, 0.1) is 5.41 Å². The third-order valence-corrected chi connectivity index (χ3v) is 2.37. The van der Waals surface area contributed by atoms with E-state index in [1.807, 2.05) is 18.2 Å². The Morgan fingerprint density at radius 1 is 1.42 bits per heavy atom. The fourth-order valence-electron chi connectivity index (χ4n) is 1.54. The predicted molar refractivity (Wildman–Crippen MR) is 75.1 cm³/mol. The van der Waals surface area contributed by atoms with Crippen LogP contribution < -0.4 is 25.8 Å². The molecule has 1 aromatic carbocycles. The van der Waals surface area contributed by atoms with Gasteiger partial charge in [-0.2, -0.15) is 0 Å². The average molecular weight is 286 g/mol. The summed E-state index contributed by atoms with van der Waals surface area (Å²) >= 11 is 0. The minimum absolute atomic E-state index is 0. The highest BCUT2D eigenvalue weighted by Crippen LogP contribution is 2.32. The first kappa shape index (κ1) is 14.9. The number of nitrogens with one attached hydrogen (secondary N) is 3. The van der Waals surface area contributed by atoms with Crippen LogP contribution in [0.1, 0.15) is 5.56 Å². The fourth-order valence-corrected chi connectivity index (χ4v) is 1.54. The molecule has 19 heavy (non-hydrogen) atoms. The summed E-state index contributed by atoms with van der Waals surface area (Å²) in [5.74, 6) is 1.78. The lowest BCUT2D eigenvalue weighted by molar-refractivity contribution is 0.174. The number of hydrogen-bond acceptors (Lipinski definition) is 4. The van der Waals surface area contributed by atoms with Crippen LogP contribution >= 0.6 is 12.4 Å². The minimum atomic E-state index is -0.159. The van der Waals surface area contributed by atoms with Crippen LogP contribution in [-0.2, 0) is 6.54 Å². The molecule has 0 saturated carbocycles. The summed E-state index contributed by atoms with van der Waals surface area (Å²) in [6.07, 6.45) is 0. The Hall–Kier alpha value is -2.15. The van der Waals surface area contributed by atoms with Crippen molar-refractivity contribution in [2.24, 2.45) is 10.7 Å². The number of nitrogens with two attached hydrogens (primary N) is 1. The van der Waals surface area contributed by atoms with Gasteiger partial charge in [-0.05, 0) is 17.7 Å². The summed E-state index contributed by atoms with van der Waals surface area (Å²) in [7, 11) is 1.61. The molecule has 2 rings (SSSR count). The Morgan fingerprint density at radius 3 is 2.84 bits per heavy atom. The van der Waals surface area contributed by atoms with Gasteiger partial charge in [0, 0.05) is 13.6 Å². The van der Waals surface area contributed by atoms with Crippen molar-refractivity contribution in [2.45, 2.75) is 6.54 Å². The molecule has 0 unspecified atom stereocenters. The van der Waals surface area contributed by atoms with Crippen molar-refractivity contribution in [1.82, 2.24) is 10.6 Å². The molecular weight excluding hydrogens is 270 g/mol. The predicted octanol–water partition coefficient (Wildman–Crippen LogP) is 0.396. The van der Waals surface area contributed by atoms with Crippen LogP contribution in [-0.4, -0.2) is 25.8 Å². The van der Waals surface area contributed by atoms with Gasteiger partial charge in [-0.25, -0.2) is 0 Å². The molecule has 0 radical (unpaired) electrons. The van der Waals surface area contributed by atoms with Crippen molar-refractivity contribution < 1.29 is 9.47 Å². The van der Waals surface area contributed by atoms with E-state index in [0.29, 0.717) is 12.5 Å². The van der Waals surface area contributed by atoms with Gasteiger partial charge in [0.15, 0.2) is 23.4 Å². The second kappa shape index (κ2) is 6.69. The monoisotopic (exact) mass is 285 g/mol. The van der Waals surface area contributed by atoms with Gasteiger partial charge >= 0.3 is 0 Å². The van der Waals surface area contributed by atoms with Crippen molar-refractivity contribution >= 4 is 24.3 Å². The van der Waals surface area contributed by atoms with E-state index in [2.05, 4.69) is 15.6 Å². The molecule has 5 N–H and O–H groups in total. The number of aliphatic imine (C=N–C) groups is 1. The van der Waals surface area contributed by atoms with Gasteiger partial charge in [-0.15, -0.1) is 12.4 Å². The van der Waals surface area contributed by atoms with E-state index in [1.54, 1.807) is 7.05 Å². The van der Waals surface area contributed by atoms with Crippen LogP contribution in [0.3, 0.4) is 0 Å². The number of fused-ring (bicyclic) bond motifs is 1. The van der Waals surface area contributed by atoms with E-state index in [1.165, 1.54) is 0 Å². The second-order valence-electron chi connectivity index (χ2n) is 3.65. The van der Waals surface area contributed by atoms with Gasteiger partial charge in [-0.3, -0.25) is 15.7 Å². The Morgan fingerprint density at radius 2 is 2.16 bits per heavy atom. The second-order valence-corrected chi connectivity index (χ2v) is 3.65. The third-order valence-electron chi connectivity index (χ3n) is 2.37. The third kappa shape index (κ3) is 3.92. The lowest BCUT2D eigenvalue weighted by atomic mass is 10.2. The minimum Gasteiger partial charge on any atom is -0.454 e. The van der Waals surface area contributed by atoms with Gasteiger partial charge < -0.3 is 20.5 Å². The van der Waals surface area contributed by atoms with Crippen LogP contribution in [0.2, 0.25) is 0 Å². The van der Waals surface area contributed by atoms with E-state index >= 15 is 0 Å². The van der Waals surface area contributed by atoms with E-state index in [-0.39, 0.29) is 25.2 Å². The molecule has 1 aliphatic heterocycles. The number of hydrogen-bond donors (Lipinski definition) is 4. The smallest absolute Gasteiger partial charge is 0.231 e. The van der Waals surface area contributed by atoms with Crippen molar-refractivity contribution in [3.8, 4) is 11.5 Å². The average Bonchev–Trinajstić information content (AvgIpc) is 2.81. The molecular formula is C11H16ClN5O2. The van der Waals surface area contributed by atoms with E-state index in [4.69, 9.17) is 20.6 Å². The number of halogens is 1. The SMILES string of the molecule is CN=C(NCc1ccc2c(c1)OCO2)NC(=N)N.Cl. The Balaban J connectivity index is 0.00000180. The summed E-state index contributed by atoms with van der Waals surface area (Å²) in [5, 5.41) is 12.7. The molecule has 0 bridgehead atoms. The molecule has 0 amide bonds. The molecule has 0 aliphatic carbocycles. The Bertz CT molecular complexity index is 492. The number of ether oxygens (including phenoxy) is 2. The maximum absolute atomic E-state index is 7.12. The lowest BCUT2D eigenvalue weighted by Crippen LogP contribution is -2.43. The highest BCUT2D eigenvalue weighted by molar-refractivity contribution is 5.96. The lowest BCUT2D eigenvalue weighted by Gasteiger charge is -2.10. The quantitative estimate of drug-likeness (QED) is 0.465. The molecule has 0 atom stereocenters. The van der Waals surface area contributed by atoms with Crippen LogP contribution in [0.4, 0.5) is 0 Å². The highest BCUT2D eigenvalue weighted by atomic mass is 35.5. The summed E-state index contributed by atoms with van der Waals surface area (Å²) < 4.78 is 10.5. The normalized spacial score (nSPS) is 12.6. The fraction of sp³-hybridized carbons (Fsp3) is 0.273. The molecule has 0 spiro atoms. The van der Waals surface area contributed by atoms with Gasteiger partial charge in [0.1, 0.15) is 0 Å². The maximum atomic E-state index is 7.12. The first-order valence-corrected chi connectivity index (χ1v) is 5.39.